The molecule has 0 spiro atoms. The monoisotopic (exact) mass is 428 g/mol. The molecule has 0 atom stereocenters. The van der Waals surface area contributed by atoms with Crippen LogP contribution in [-0.2, 0) is 11.4 Å². The predicted molar refractivity (Wildman–Crippen MR) is 124 cm³/mol. The first-order chi connectivity index (χ1) is 15.4. The van der Waals surface area contributed by atoms with E-state index >= 15 is 0 Å². The molecule has 4 rings (SSSR count). The van der Waals surface area contributed by atoms with Gasteiger partial charge >= 0.3 is 0 Å². The third-order valence-corrected chi connectivity index (χ3v) is 4.94. The molecule has 0 radical (unpaired) electrons. The van der Waals surface area contributed by atoms with Crippen molar-refractivity contribution in [2.24, 2.45) is 0 Å². The van der Waals surface area contributed by atoms with E-state index < -0.39 is 0 Å². The summed E-state index contributed by atoms with van der Waals surface area (Å²) in [5.74, 6) is 0.146. The second-order valence-corrected chi connectivity index (χ2v) is 7.69. The van der Waals surface area contributed by atoms with Crippen LogP contribution in [-0.4, -0.2) is 21.2 Å². The van der Waals surface area contributed by atoms with Gasteiger partial charge < -0.3 is 19.8 Å². The molecule has 0 aliphatic carbocycles. The average molecular weight is 428 g/mol. The van der Waals surface area contributed by atoms with Crippen molar-refractivity contribution in [1.82, 2.24) is 9.38 Å². The summed E-state index contributed by atoms with van der Waals surface area (Å²) in [5.41, 5.74) is 5.45. The van der Waals surface area contributed by atoms with Gasteiger partial charge in [0.25, 0.3) is 5.91 Å². The lowest BCUT2D eigenvalue weighted by atomic mass is 10.1. The predicted octanol–water partition coefficient (Wildman–Crippen LogP) is 4.74. The van der Waals surface area contributed by atoms with Gasteiger partial charge in [-0.1, -0.05) is 18.2 Å². The number of nitrogens with zero attached hydrogens (tertiary/aromatic N) is 2. The maximum Gasteiger partial charge on any atom is 0.255 e. The van der Waals surface area contributed by atoms with Crippen LogP contribution in [0.15, 0.2) is 67.0 Å². The number of aromatic nitrogens is 2. The molecule has 2 N–H and O–H groups in total. The standard InChI is InChI=1S/C25H24N4O3/c1-16-7-10-24-27-21(14-29(24)13-16)15-32-22-6-4-5-19(11-22)25(31)28-20-9-8-17(2)23(12-20)26-18(3)30/h4-14H,15H2,1-3H3,(H,26,30)(H,28,31). The fraction of sp³-hybridized carbons (Fsp3) is 0.160. The highest BCUT2D eigenvalue weighted by Crippen LogP contribution is 2.22. The highest BCUT2D eigenvalue weighted by Gasteiger charge is 2.10. The van der Waals surface area contributed by atoms with Crippen LogP contribution in [0.4, 0.5) is 11.4 Å². The Hall–Kier alpha value is -4.13. The number of hydrogen-bond donors (Lipinski definition) is 2. The summed E-state index contributed by atoms with van der Waals surface area (Å²) in [4.78, 5) is 28.7. The van der Waals surface area contributed by atoms with Crippen molar-refractivity contribution in [3.8, 4) is 5.75 Å². The number of ether oxygens (including phenoxy) is 1. The first-order valence-corrected chi connectivity index (χ1v) is 10.2. The zero-order valence-corrected chi connectivity index (χ0v) is 18.2. The summed E-state index contributed by atoms with van der Waals surface area (Å²) < 4.78 is 7.84. The fourth-order valence-electron chi connectivity index (χ4n) is 3.34. The number of aryl methyl sites for hydroxylation is 2. The van der Waals surface area contributed by atoms with Crippen LogP contribution in [0.1, 0.15) is 34.1 Å². The van der Waals surface area contributed by atoms with E-state index in [1.165, 1.54) is 6.92 Å². The molecule has 162 valence electrons. The zero-order chi connectivity index (χ0) is 22.7. The quantitative estimate of drug-likeness (QED) is 0.465. The molecule has 0 bridgehead atoms. The zero-order valence-electron chi connectivity index (χ0n) is 18.2. The van der Waals surface area contributed by atoms with E-state index in [1.54, 1.807) is 36.4 Å². The van der Waals surface area contributed by atoms with E-state index in [9.17, 15) is 9.59 Å². The van der Waals surface area contributed by atoms with Gasteiger partial charge in [-0.3, -0.25) is 9.59 Å². The highest BCUT2D eigenvalue weighted by molar-refractivity contribution is 6.05. The van der Waals surface area contributed by atoms with Crippen molar-refractivity contribution in [3.05, 3.63) is 89.4 Å². The van der Waals surface area contributed by atoms with Crippen molar-refractivity contribution < 1.29 is 14.3 Å². The van der Waals surface area contributed by atoms with Gasteiger partial charge in [0.05, 0.1) is 5.69 Å². The number of anilines is 2. The number of carbonyl (C=O) groups is 2. The van der Waals surface area contributed by atoms with Gasteiger partial charge in [0.1, 0.15) is 18.0 Å². The molecule has 2 aromatic carbocycles. The number of pyridine rings is 1. The molecule has 7 heteroatoms. The summed E-state index contributed by atoms with van der Waals surface area (Å²) in [6.07, 6.45) is 3.95. The van der Waals surface area contributed by atoms with E-state index in [0.29, 0.717) is 29.3 Å². The minimum Gasteiger partial charge on any atom is -0.487 e. The molecule has 2 heterocycles. The second kappa shape index (κ2) is 8.93. The molecule has 2 amide bonds. The van der Waals surface area contributed by atoms with E-state index in [-0.39, 0.29) is 11.8 Å². The molecule has 4 aromatic rings. The number of carbonyl (C=O) groups excluding carboxylic acids is 2. The SMILES string of the molecule is CC(=O)Nc1cc(NC(=O)c2cccc(OCc3cn4cc(C)ccc4n3)c2)ccc1C. The molecular formula is C25H24N4O3. The number of amides is 2. The molecule has 0 fully saturated rings. The van der Waals surface area contributed by atoms with Gasteiger partial charge in [-0.15, -0.1) is 0 Å². The first kappa shape index (κ1) is 21.1. The average Bonchev–Trinajstić information content (AvgIpc) is 3.16. The Bertz CT molecular complexity index is 1310. The Morgan fingerprint density at radius 2 is 1.84 bits per heavy atom. The van der Waals surface area contributed by atoms with Crippen LogP contribution in [0.25, 0.3) is 5.65 Å². The fourth-order valence-corrected chi connectivity index (χ4v) is 3.34. The van der Waals surface area contributed by atoms with Gasteiger partial charge in [-0.2, -0.15) is 0 Å². The number of hydrogen-bond acceptors (Lipinski definition) is 4. The first-order valence-electron chi connectivity index (χ1n) is 10.2. The Labute approximate surface area is 186 Å². The highest BCUT2D eigenvalue weighted by atomic mass is 16.5. The molecule has 7 nitrogen and oxygen atoms in total. The number of nitrogens with one attached hydrogen (secondary N) is 2. The Morgan fingerprint density at radius 1 is 1.00 bits per heavy atom. The molecule has 0 aliphatic heterocycles. The number of rotatable bonds is 6. The summed E-state index contributed by atoms with van der Waals surface area (Å²) in [7, 11) is 0. The largest absolute Gasteiger partial charge is 0.487 e. The Morgan fingerprint density at radius 3 is 2.66 bits per heavy atom. The molecule has 0 saturated heterocycles. The van der Waals surface area contributed by atoms with E-state index in [0.717, 1.165) is 22.5 Å². The minimum absolute atomic E-state index is 0.165. The van der Waals surface area contributed by atoms with E-state index in [2.05, 4.69) is 15.6 Å². The van der Waals surface area contributed by atoms with E-state index in [4.69, 9.17) is 4.74 Å². The summed E-state index contributed by atoms with van der Waals surface area (Å²) in [6, 6.07) is 16.3. The van der Waals surface area contributed by atoms with Crippen LogP contribution in [0, 0.1) is 13.8 Å². The normalized spacial score (nSPS) is 10.7. The Balaban J connectivity index is 1.44. The van der Waals surface area contributed by atoms with Gasteiger partial charge in [-0.05, 0) is 61.4 Å². The molecule has 2 aromatic heterocycles. The van der Waals surface area contributed by atoms with Crippen molar-refractivity contribution in [1.29, 1.82) is 0 Å². The van der Waals surface area contributed by atoms with Crippen molar-refractivity contribution in [2.45, 2.75) is 27.4 Å². The summed E-state index contributed by atoms with van der Waals surface area (Å²) >= 11 is 0. The smallest absolute Gasteiger partial charge is 0.255 e. The van der Waals surface area contributed by atoms with Gasteiger partial charge in [0.15, 0.2) is 0 Å². The topological polar surface area (TPSA) is 84.7 Å². The Kier molecular flexibility index (Phi) is 5.89. The second-order valence-electron chi connectivity index (χ2n) is 7.69. The number of imidazole rings is 1. The maximum absolute atomic E-state index is 12.7. The van der Waals surface area contributed by atoms with Crippen LogP contribution in [0.5, 0.6) is 5.75 Å². The molecule has 0 unspecified atom stereocenters. The van der Waals surface area contributed by atoms with Crippen molar-refractivity contribution >= 4 is 28.8 Å². The van der Waals surface area contributed by atoms with E-state index in [1.807, 2.05) is 48.8 Å². The molecule has 0 saturated carbocycles. The van der Waals surface area contributed by atoms with Crippen LogP contribution in [0.2, 0.25) is 0 Å². The number of benzene rings is 2. The molecule has 0 aliphatic rings. The van der Waals surface area contributed by atoms with Crippen molar-refractivity contribution in [3.63, 3.8) is 0 Å². The molecule has 32 heavy (non-hydrogen) atoms. The van der Waals surface area contributed by atoms with Gasteiger partial charge in [0.2, 0.25) is 5.91 Å². The van der Waals surface area contributed by atoms with Crippen LogP contribution < -0.4 is 15.4 Å². The van der Waals surface area contributed by atoms with Crippen LogP contribution >= 0.6 is 0 Å². The molecular weight excluding hydrogens is 404 g/mol. The lowest BCUT2D eigenvalue weighted by Crippen LogP contribution is -2.13. The summed E-state index contributed by atoms with van der Waals surface area (Å²) in [6.45, 7) is 5.67. The van der Waals surface area contributed by atoms with Gasteiger partial charge in [-0.25, -0.2) is 4.98 Å². The van der Waals surface area contributed by atoms with Gasteiger partial charge in [0, 0.05) is 36.3 Å². The third kappa shape index (κ3) is 4.95. The van der Waals surface area contributed by atoms with Crippen molar-refractivity contribution in [2.75, 3.05) is 10.6 Å². The number of fused-ring (bicyclic) bond motifs is 1. The minimum atomic E-state index is -0.267. The maximum atomic E-state index is 12.7. The summed E-state index contributed by atoms with van der Waals surface area (Å²) in [5, 5.41) is 5.62. The lowest BCUT2D eigenvalue weighted by molar-refractivity contribution is -0.114. The lowest BCUT2D eigenvalue weighted by Gasteiger charge is -2.11. The van der Waals surface area contributed by atoms with Crippen LogP contribution in [0.3, 0.4) is 0 Å². The third-order valence-electron chi connectivity index (χ3n) is 4.94.